The summed E-state index contributed by atoms with van der Waals surface area (Å²) in [4.78, 5) is 20.3. The van der Waals surface area contributed by atoms with E-state index in [0.29, 0.717) is 28.8 Å². The smallest absolute Gasteiger partial charge is 0.247 e. The van der Waals surface area contributed by atoms with Gasteiger partial charge in [-0.3, -0.25) is 9.69 Å². The molecule has 3 heterocycles. The van der Waals surface area contributed by atoms with Crippen LogP contribution < -0.4 is 4.90 Å². The Morgan fingerprint density at radius 2 is 2.00 bits per heavy atom. The minimum absolute atomic E-state index is 0.116. The first-order valence-electron chi connectivity index (χ1n) is 10.8. The fourth-order valence-electron chi connectivity index (χ4n) is 4.18. The van der Waals surface area contributed by atoms with Gasteiger partial charge in [0.1, 0.15) is 11.8 Å². The number of anilines is 1. The van der Waals surface area contributed by atoms with Crippen molar-refractivity contribution in [1.82, 2.24) is 9.29 Å². The van der Waals surface area contributed by atoms with Crippen molar-refractivity contribution >= 4 is 54.2 Å². The summed E-state index contributed by atoms with van der Waals surface area (Å²) in [6, 6.07) is 14.6. The average molecular weight is 516 g/mol. The van der Waals surface area contributed by atoms with Gasteiger partial charge in [-0.2, -0.15) is 4.31 Å². The second-order valence-corrected chi connectivity index (χ2v) is 11.5. The Morgan fingerprint density at radius 1 is 1.21 bits per heavy atom. The van der Waals surface area contributed by atoms with Crippen LogP contribution in [0.2, 0.25) is 5.02 Å². The summed E-state index contributed by atoms with van der Waals surface area (Å²) in [6.07, 6.45) is 2.58. The number of carbonyl (C=O) groups excluding carboxylic acids is 1. The fourth-order valence-corrected chi connectivity index (χ4v) is 7.01. The van der Waals surface area contributed by atoms with Crippen molar-refractivity contribution < 1.29 is 17.6 Å². The minimum Gasteiger partial charge on any atom is -0.467 e. The lowest BCUT2D eigenvalue weighted by Gasteiger charge is -2.28. The van der Waals surface area contributed by atoms with Gasteiger partial charge in [0, 0.05) is 11.6 Å². The maximum atomic E-state index is 13.9. The number of fused-ring (bicyclic) bond motifs is 1. The van der Waals surface area contributed by atoms with E-state index in [1.165, 1.54) is 39.9 Å². The van der Waals surface area contributed by atoms with Gasteiger partial charge in [-0.05, 0) is 67.8 Å². The molecule has 1 fully saturated rings. The molecule has 0 aliphatic carbocycles. The van der Waals surface area contributed by atoms with Crippen molar-refractivity contribution in [3.8, 4) is 0 Å². The molecule has 1 atom stereocenters. The molecule has 176 valence electrons. The summed E-state index contributed by atoms with van der Waals surface area (Å²) in [5.74, 6) is 0.276. The second kappa shape index (κ2) is 9.14. The van der Waals surface area contributed by atoms with Crippen LogP contribution in [0.5, 0.6) is 0 Å². The van der Waals surface area contributed by atoms with Gasteiger partial charge >= 0.3 is 0 Å². The number of rotatable bonds is 6. The summed E-state index contributed by atoms with van der Waals surface area (Å²) in [5.41, 5.74) is 1.84. The van der Waals surface area contributed by atoms with Crippen molar-refractivity contribution in [2.45, 2.75) is 37.2 Å². The zero-order valence-electron chi connectivity index (χ0n) is 18.3. The van der Waals surface area contributed by atoms with Crippen LogP contribution in [0.15, 0.2) is 70.2 Å². The van der Waals surface area contributed by atoms with Crippen molar-refractivity contribution in [1.29, 1.82) is 0 Å². The molecule has 1 saturated heterocycles. The number of furan rings is 1. The third-order valence-corrected chi connectivity index (χ3v) is 9.13. The highest BCUT2D eigenvalue weighted by molar-refractivity contribution is 7.89. The number of para-hydroxylation sites is 1. The molecule has 2 aromatic heterocycles. The van der Waals surface area contributed by atoms with E-state index in [9.17, 15) is 13.2 Å². The van der Waals surface area contributed by atoms with Crippen molar-refractivity contribution in [3.05, 3.63) is 77.2 Å². The van der Waals surface area contributed by atoms with E-state index in [4.69, 9.17) is 21.0 Å². The summed E-state index contributed by atoms with van der Waals surface area (Å²) in [5, 5.41) is 0.963. The lowest BCUT2D eigenvalue weighted by Crippen LogP contribution is -2.47. The maximum Gasteiger partial charge on any atom is 0.247 e. The third-order valence-electron chi connectivity index (χ3n) is 5.91. The zero-order chi connectivity index (χ0) is 23.9. The van der Waals surface area contributed by atoms with Crippen LogP contribution in [-0.2, 0) is 21.4 Å². The summed E-state index contributed by atoms with van der Waals surface area (Å²) < 4.78 is 34.6. The Morgan fingerprint density at radius 3 is 2.71 bits per heavy atom. The highest BCUT2D eigenvalue weighted by Crippen LogP contribution is 2.34. The number of aryl methyl sites for hydroxylation is 1. The lowest BCUT2D eigenvalue weighted by molar-refractivity contribution is -0.121. The Kier molecular flexibility index (Phi) is 6.20. The van der Waals surface area contributed by atoms with E-state index in [2.05, 4.69) is 0 Å². The Hall–Kier alpha value is -2.72. The number of carbonyl (C=O) groups is 1. The quantitative estimate of drug-likeness (QED) is 0.351. The SMILES string of the molecule is Cc1cccc2sc(N(Cc3ccco3)C(=O)C3CCCN3S(=O)(=O)c3ccc(Cl)cc3)nc12. The van der Waals surface area contributed by atoms with E-state index >= 15 is 0 Å². The van der Waals surface area contributed by atoms with Crippen molar-refractivity contribution in [3.63, 3.8) is 0 Å². The van der Waals surface area contributed by atoms with Crippen LogP contribution in [0.25, 0.3) is 10.2 Å². The molecule has 4 aromatic rings. The predicted molar refractivity (Wildman–Crippen MR) is 133 cm³/mol. The summed E-state index contributed by atoms with van der Waals surface area (Å²) in [7, 11) is -3.87. The van der Waals surface area contributed by atoms with Gasteiger partial charge in [0.25, 0.3) is 0 Å². The van der Waals surface area contributed by atoms with Crippen LogP contribution in [0.4, 0.5) is 5.13 Å². The first-order chi connectivity index (χ1) is 16.3. The molecule has 0 spiro atoms. The number of hydrogen-bond acceptors (Lipinski definition) is 6. The first kappa shape index (κ1) is 23.0. The molecule has 34 heavy (non-hydrogen) atoms. The number of nitrogens with zero attached hydrogens (tertiary/aromatic N) is 3. The topological polar surface area (TPSA) is 83.7 Å². The number of benzene rings is 2. The molecule has 2 aromatic carbocycles. The van der Waals surface area contributed by atoms with Crippen LogP contribution >= 0.6 is 22.9 Å². The highest BCUT2D eigenvalue weighted by atomic mass is 35.5. The van der Waals surface area contributed by atoms with Crippen LogP contribution in [-0.4, -0.2) is 36.2 Å². The Labute approximate surface area is 206 Å². The maximum absolute atomic E-state index is 13.9. The monoisotopic (exact) mass is 515 g/mol. The molecular formula is C24H22ClN3O4S2. The lowest BCUT2D eigenvalue weighted by atomic mass is 10.2. The molecule has 0 saturated carbocycles. The van der Waals surface area contributed by atoms with Gasteiger partial charge in [0.15, 0.2) is 5.13 Å². The second-order valence-electron chi connectivity index (χ2n) is 8.15. The van der Waals surface area contributed by atoms with E-state index in [-0.39, 0.29) is 23.9 Å². The molecule has 1 aliphatic rings. The standard InChI is InChI=1S/C24H22ClN3O4S2/c1-16-5-2-8-21-22(16)26-24(33-21)27(15-18-6-4-14-32-18)23(29)20-7-3-13-28(20)34(30,31)19-11-9-17(25)10-12-19/h2,4-6,8-12,14,20H,3,7,13,15H2,1H3. The highest BCUT2D eigenvalue weighted by Gasteiger charge is 2.42. The Balaban J connectivity index is 1.52. The molecule has 0 N–H and O–H groups in total. The summed E-state index contributed by atoms with van der Waals surface area (Å²) >= 11 is 7.34. The van der Waals surface area contributed by atoms with Crippen LogP contribution in [0.3, 0.4) is 0 Å². The fraction of sp³-hybridized carbons (Fsp3) is 0.250. The number of thiazole rings is 1. The van der Waals surface area contributed by atoms with E-state index in [1.807, 2.05) is 25.1 Å². The van der Waals surface area contributed by atoms with Crippen LogP contribution in [0, 0.1) is 6.92 Å². The van der Waals surface area contributed by atoms with E-state index in [0.717, 1.165) is 15.8 Å². The molecule has 1 unspecified atom stereocenters. The molecule has 10 heteroatoms. The molecule has 1 amide bonds. The molecular weight excluding hydrogens is 494 g/mol. The van der Waals surface area contributed by atoms with Crippen LogP contribution in [0.1, 0.15) is 24.2 Å². The minimum atomic E-state index is -3.87. The normalized spacial score (nSPS) is 16.8. The van der Waals surface area contributed by atoms with E-state index in [1.54, 1.807) is 23.3 Å². The van der Waals surface area contributed by atoms with Gasteiger partial charge in [0.2, 0.25) is 15.9 Å². The van der Waals surface area contributed by atoms with Crippen molar-refractivity contribution in [2.75, 3.05) is 11.4 Å². The van der Waals surface area contributed by atoms with Gasteiger partial charge in [-0.15, -0.1) is 0 Å². The first-order valence-corrected chi connectivity index (χ1v) is 13.5. The number of aromatic nitrogens is 1. The van der Waals surface area contributed by atoms with Gasteiger partial charge in [-0.1, -0.05) is 35.1 Å². The molecule has 1 aliphatic heterocycles. The predicted octanol–water partition coefficient (Wildman–Crippen LogP) is 5.24. The van der Waals surface area contributed by atoms with Crippen molar-refractivity contribution in [2.24, 2.45) is 0 Å². The largest absolute Gasteiger partial charge is 0.467 e. The average Bonchev–Trinajstić information content (AvgIpc) is 3.58. The molecule has 0 radical (unpaired) electrons. The number of hydrogen-bond donors (Lipinski definition) is 0. The van der Waals surface area contributed by atoms with Gasteiger partial charge in [-0.25, -0.2) is 13.4 Å². The molecule has 0 bridgehead atoms. The molecule has 7 nitrogen and oxygen atoms in total. The molecule has 5 rings (SSSR count). The third kappa shape index (κ3) is 4.24. The number of amides is 1. The van der Waals surface area contributed by atoms with E-state index < -0.39 is 16.1 Å². The van der Waals surface area contributed by atoms with Gasteiger partial charge < -0.3 is 4.42 Å². The number of sulfonamides is 1. The van der Waals surface area contributed by atoms with Gasteiger partial charge in [0.05, 0.1) is 27.9 Å². The summed E-state index contributed by atoms with van der Waals surface area (Å²) in [6.45, 7) is 2.41. The zero-order valence-corrected chi connectivity index (χ0v) is 20.7. The Bertz CT molecular complexity index is 1430. The number of halogens is 1.